The van der Waals surface area contributed by atoms with Gasteiger partial charge in [-0.1, -0.05) is 54.6 Å². The van der Waals surface area contributed by atoms with Gasteiger partial charge in [0.25, 0.3) is 0 Å². The number of aryl methyl sites for hydroxylation is 1. The number of carbonyl (C=O) groups excluding carboxylic acids is 2. The number of ether oxygens (including phenoxy) is 1. The van der Waals surface area contributed by atoms with Gasteiger partial charge < -0.3 is 4.74 Å². The molecule has 0 amide bonds. The topological polar surface area (TPSA) is 43.4 Å². The van der Waals surface area contributed by atoms with Gasteiger partial charge >= 0.3 is 5.97 Å². The van der Waals surface area contributed by atoms with E-state index in [4.69, 9.17) is 4.74 Å². The van der Waals surface area contributed by atoms with Crippen LogP contribution in [0.15, 0.2) is 54.6 Å². The molecule has 22 heavy (non-hydrogen) atoms. The highest BCUT2D eigenvalue weighted by Crippen LogP contribution is 2.36. The van der Waals surface area contributed by atoms with Crippen LogP contribution >= 0.6 is 0 Å². The molecule has 0 aliphatic heterocycles. The van der Waals surface area contributed by atoms with Gasteiger partial charge in [-0.2, -0.15) is 0 Å². The summed E-state index contributed by atoms with van der Waals surface area (Å²) in [7, 11) is 0. The Kier molecular flexibility index (Phi) is 3.80. The highest BCUT2D eigenvalue weighted by Gasteiger charge is 2.45. The van der Waals surface area contributed by atoms with Crippen molar-refractivity contribution >= 4 is 11.8 Å². The van der Waals surface area contributed by atoms with Gasteiger partial charge in [-0.15, -0.1) is 0 Å². The summed E-state index contributed by atoms with van der Waals surface area (Å²) in [4.78, 5) is 25.2. The maximum Gasteiger partial charge on any atom is 0.320 e. The van der Waals surface area contributed by atoms with Crippen LogP contribution in [0.25, 0.3) is 0 Å². The second kappa shape index (κ2) is 5.76. The van der Waals surface area contributed by atoms with Crippen molar-refractivity contribution in [2.24, 2.45) is 5.41 Å². The average Bonchev–Trinajstić information content (AvgIpc) is 2.57. The SMILES string of the molecule is C[C@]1(C(=O)OCc2ccccc2)CCc2ccccc2C1=O. The largest absolute Gasteiger partial charge is 0.460 e. The lowest BCUT2D eigenvalue weighted by atomic mass is 9.72. The maximum absolute atomic E-state index is 12.7. The van der Waals surface area contributed by atoms with Crippen LogP contribution in [0, 0.1) is 5.41 Å². The van der Waals surface area contributed by atoms with E-state index >= 15 is 0 Å². The van der Waals surface area contributed by atoms with Crippen molar-refractivity contribution in [2.75, 3.05) is 0 Å². The fourth-order valence-corrected chi connectivity index (χ4v) is 2.83. The van der Waals surface area contributed by atoms with Crippen LogP contribution in [0.4, 0.5) is 0 Å². The van der Waals surface area contributed by atoms with Crippen LogP contribution in [-0.2, 0) is 22.6 Å². The number of benzene rings is 2. The molecule has 0 bridgehead atoms. The van der Waals surface area contributed by atoms with Crippen molar-refractivity contribution in [2.45, 2.75) is 26.4 Å². The first-order valence-corrected chi connectivity index (χ1v) is 7.45. The summed E-state index contributed by atoms with van der Waals surface area (Å²) in [6.45, 7) is 1.89. The summed E-state index contributed by atoms with van der Waals surface area (Å²) in [6, 6.07) is 17.0. The third-order valence-electron chi connectivity index (χ3n) is 4.32. The van der Waals surface area contributed by atoms with E-state index in [2.05, 4.69) is 0 Å². The minimum Gasteiger partial charge on any atom is -0.460 e. The Hall–Kier alpha value is -2.42. The van der Waals surface area contributed by atoms with Crippen molar-refractivity contribution in [1.82, 2.24) is 0 Å². The minimum atomic E-state index is -1.08. The molecule has 3 nitrogen and oxygen atoms in total. The smallest absolute Gasteiger partial charge is 0.320 e. The van der Waals surface area contributed by atoms with E-state index in [-0.39, 0.29) is 12.4 Å². The van der Waals surface area contributed by atoms with Crippen LogP contribution in [0.1, 0.15) is 34.8 Å². The minimum absolute atomic E-state index is 0.132. The van der Waals surface area contributed by atoms with E-state index in [0.717, 1.165) is 17.5 Å². The summed E-state index contributed by atoms with van der Waals surface area (Å²) < 4.78 is 5.40. The molecule has 0 fully saturated rings. The van der Waals surface area contributed by atoms with E-state index in [1.807, 2.05) is 48.5 Å². The fraction of sp³-hybridized carbons (Fsp3) is 0.263. The number of hydrogen-bond donors (Lipinski definition) is 0. The van der Waals surface area contributed by atoms with Crippen molar-refractivity contribution in [3.8, 4) is 0 Å². The van der Waals surface area contributed by atoms with Gasteiger partial charge in [0.15, 0.2) is 5.78 Å². The first-order chi connectivity index (χ1) is 10.6. The van der Waals surface area contributed by atoms with Crippen LogP contribution in [-0.4, -0.2) is 11.8 Å². The standard InChI is InChI=1S/C19H18O3/c1-19(18(21)22-13-14-7-3-2-4-8-14)12-11-15-9-5-6-10-16(15)17(19)20/h2-10H,11-13H2,1H3/t19-/m0/s1. The molecule has 0 aromatic heterocycles. The molecule has 0 saturated heterocycles. The van der Waals surface area contributed by atoms with E-state index in [0.29, 0.717) is 12.0 Å². The Morgan fingerprint density at radius 3 is 2.55 bits per heavy atom. The summed E-state index contributed by atoms with van der Waals surface area (Å²) in [5, 5.41) is 0. The second-order valence-corrected chi connectivity index (χ2v) is 5.88. The van der Waals surface area contributed by atoms with Gasteiger partial charge in [-0.25, -0.2) is 0 Å². The summed E-state index contributed by atoms with van der Waals surface area (Å²) in [5.41, 5.74) is 1.50. The van der Waals surface area contributed by atoms with Crippen LogP contribution in [0.5, 0.6) is 0 Å². The van der Waals surface area contributed by atoms with Gasteiger partial charge in [0.2, 0.25) is 0 Å². The lowest BCUT2D eigenvalue weighted by Gasteiger charge is -2.31. The van der Waals surface area contributed by atoms with E-state index < -0.39 is 11.4 Å². The van der Waals surface area contributed by atoms with Gasteiger partial charge in [-0.05, 0) is 30.9 Å². The number of rotatable bonds is 3. The van der Waals surface area contributed by atoms with Gasteiger partial charge in [0, 0.05) is 5.56 Å². The number of carbonyl (C=O) groups is 2. The van der Waals surface area contributed by atoms with E-state index in [1.54, 1.807) is 13.0 Å². The monoisotopic (exact) mass is 294 g/mol. The molecule has 0 spiro atoms. The first kappa shape index (κ1) is 14.5. The lowest BCUT2D eigenvalue weighted by Crippen LogP contribution is -2.41. The number of fused-ring (bicyclic) bond motifs is 1. The summed E-state index contributed by atoms with van der Waals surface area (Å²) in [5.74, 6) is -0.566. The molecular weight excluding hydrogens is 276 g/mol. The predicted molar refractivity (Wildman–Crippen MR) is 83.4 cm³/mol. The molecule has 0 N–H and O–H groups in total. The fourth-order valence-electron chi connectivity index (χ4n) is 2.83. The normalized spacial score (nSPS) is 20.3. The Bertz CT molecular complexity index is 706. The zero-order chi connectivity index (χ0) is 15.6. The second-order valence-electron chi connectivity index (χ2n) is 5.88. The number of hydrogen-bond acceptors (Lipinski definition) is 3. The molecule has 3 rings (SSSR count). The van der Waals surface area contributed by atoms with Crippen molar-refractivity contribution in [1.29, 1.82) is 0 Å². The summed E-state index contributed by atoms with van der Waals surface area (Å²) >= 11 is 0. The molecule has 0 saturated carbocycles. The Balaban J connectivity index is 1.76. The molecule has 1 aliphatic rings. The molecule has 1 aliphatic carbocycles. The zero-order valence-electron chi connectivity index (χ0n) is 12.5. The predicted octanol–water partition coefficient (Wildman–Crippen LogP) is 3.57. The summed E-state index contributed by atoms with van der Waals surface area (Å²) in [6.07, 6.45) is 1.22. The molecule has 3 heteroatoms. The highest BCUT2D eigenvalue weighted by molar-refractivity contribution is 6.13. The average molecular weight is 294 g/mol. The Morgan fingerprint density at radius 2 is 1.77 bits per heavy atom. The van der Waals surface area contributed by atoms with Gasteiger partial charge in [-0.3, -0.25) is 9.59 Å². The quantitative estimate of drug-likeness (QED) is 0.642. The lowest BCUT2D eigenvalue weighted by molar-refractivity contribution is -0.153. The van der Waals surface area contributed by atoms with Crippen molar-refractivity contribution < 1.29 is 14.3 Å². The molecule has 2 aromatic carbocycles. The third kappa shape index (κ3) is 2.54. The number of esters is 1. The molecule has 0 radical (unpaired) electrons. The molecule has 2 aromatic rings. The highest BCUT2D eigenvalue weighted by atomic mass is 16.5. The third-order valence-corrected chi connectivity index (χ3v) is 4.32. The molecular formula is C19H18O3. The van der Waals surface area contributed by atoms with Crippen LogP contribution in [0.2, 0.25) is 0 Å². The molecule has 112 valence electrons. The van der Waals surface area contributed by atoms with Crippen molar-refractivity contribution in [3.05, 3.63) is 71.3 Å². The van der Waals surface area contributed by atoms with Crippen molar-refractivity contribution in [3.63, 3.8) is 0 Å². The van der Waals surface area contributed by atoms with E-state index in [9.17, 15) is 9.59 Å². The van der Waals surface area contributed by atoms with Crippen LogP contribution < -0.4 is 0 Å². The number of Topliss-reactive ketones (excluding diaryl/α,β-unsaturated/α-hetero) is 1. The van der Waals surface area contributed by atoms with Crippen LogP contribution in [0.3, 0.4) is 0 Å². The number of ketones is 1. The molecule has 1 atom stereocenters. The van der Waals surface area contributed by atoms with Gasteiger partial charge in [0.05, 0.1) is 0 Å². The zero-order valence-corrected chi connectivity index (χ0v) is 12.5. The molecule has 0 heterocycles. The van der Waals surface area contributed by atoms with E-state index in [1.165, 1.54) is 0 Å². The molecule has 0 unspecified atom stereocenters. The maximum atomic E-state index is 12.7. The first-order valence-electron chi connectivity index (χ1n) is 7.45. The van der Waals surface area contributed by atoms with Gasteiger partial charge in [0.1, 0.15) is 12.0 Å². The Labute approximate surface area is 129 Å². The Morgan fingerprint density at radius 1 is 1.09 bits per heavy atom.